The van der Waals surface area contributed by atoms with Crippen LogP contribution in [0.1, 0.15) is 31.1 Å². The minimum absolute atomic E-state index is 0.0198. The first kappa shape index (κ1) is 15.0. The normalized spacial score (nSPS) is 11.4. The SMILES string of the molecule is CCN(CC(C)(C)O)C(=O)c1cc(S)ccc1F. The fraction of sp³-hybridized carbons (Fsp3) is 0.462. The summed E-state index contributed by atoms with van der Waals surface area (Å²) in [6.45, 7) is 5.55. The monoisotopic (exact) mass is 271 g/mol. The summed E-state index contributed by atoms with van der Waals surface area (Å²) < 4.78 is 13.6. The van der Waals surface area contributed by atoms with Gasteiger partial charge in [0.05, 0.1) is 11.2 Å². The second-order valence-corrected chi connectivity index (χ2v) is 5.31. The van der Waals surface area contributed by atoms with Crippen LogP contribution in [0.25, 0.3) is 0 Å². The van der Waals surface area contributed by atoms with Gasteiger partial charge in [-0.05, 0) is 39.0 Å². The van der Waals surface area contributed by atoms with Gasteiger partial charge in [-0.3, -0.25) is 4.79 Å². The zero-order chi connectivity index (χ0) is 13.9. The van der Waals surface area contributed by atoms with Crippen molar-refractivity contribution in [2.45, 2.75) is 31.3 Å². The van der Waals surface area contributed by atoms with Crippen LogP contribution in [0.5, 0.6) is 0 Å². The smallest absolute Gasteiger partial charge is 0.256 e. The second-order valence-electron chi connectivity index (χ2n) is 4.80. The molecule has 0 aliphatic carbocycles. The van der Waals surface area contributed by atoms with Crippen LogP contribution in [0.4, 0.5) is 4.39 Å². The van der Waals surface area contributed by atoms with Crippen molar-refractivity contribution < 1.29 is 14.3 Å². The first-order valence-corrected chi connectivity index (χ1v) is 6.19. The Kier molecular flexibility index (Phi) is 4.76. The van der Waals surface area contributed by atoms with Crippen molar-refractivity contribution in [1.82, 2.24) is 4.90 Å². The van der Waals surface area contributed by atoms with Gasteiger partial charge in [0.1, 0.15) is 5.82 Å². The van der Waals surface area contributed by atoms with Gasteiger partial charge in [0.15, 0.2) is 0 Å². The Morgan fingerprint density at radius 3 is 2.61 bits per heavy atom. The molecule has 0 heterocycles. The number of thiol groups is 1. The summed E-state index contributed by atoms with van der Waals surface area (Å²) in [5.41, 5.74) is -1.03. The van der Waals surface area contributed by atoms with Crippen molar-refractivity contribution >= 4 is 18.5 Å². The summed E-state index contributed by atoms with van der Waals surface area (Å²) in [5, 5.41) is 9.74. The van der Waals surface area contributed by atoms with Crippen molar-refractivity contribution in [3.05, 3.63) is 29.6 Å². The zero-order valence-corrected chi connectivity index (χ0v) is 11.7. The van der Waals surface area contributed by atoms with Crippen LogP contribution in [0.2, 0.25) is 0 Å². The molecule has 0 unspecified atom stereocenters. The number of carbonyl (C=O) groups is 1. The number of amides is 1. The summed E-state index contributed by atoms with van der Waals surface area (Å²) in [7, 11) is 0. The average Bonchev–Trinajstić information content (AvgIpc) is 2.27. The number of nitrogens with zero attached hydrogens (tertiary/aromatic N) is 1. The minimum Gasteiger partial charge on any atom is -0.389 e. The van der Waals surface area contributed by atoms with Crippen molar-refractivity contribution in [3.8, 4) is 0 Å². The fourth-order valence-corrected chi connectivity index (χ4v) is 1.85. The lowest BCUT2D eigenvalue weighted by atomic mass is 10.1. The zero-order valence-electron chi connectivity index (χ0n) is 10.8. The van der Waals surface area contributed by atoms with Crippen LogP contribution in [0.15, 0.2) is 23.1 Å². The van der Waals surface area contributed by atoms with Crippen molar-refractivity contribution in [1.29, 1.82) is 0 Å². The minimum atomic E-state index is -1.01. The predicted molar refractivity (Wildman–Crippen MR) is 71.5 cm³/mol. The third-order valence-electron chi connectivity index (χ3n) is 2.43. The molecule has 0 aliphatic rings. The Morgan fingerprint density at radius 2 is 2.11 bits per heavy atom. The van der Waals surface area contributed by atoms with Crippen molar-refractivity contribution in [3.63, 3.8) is 0 Å². The first-order valence-electron chi connectivity index (χ1n) is 5.75. The van der Waals surface area contributed by atoms with E-state index in [4.69, 9.17) is 0 Å². The molecular formula is C13H18FNO2S. The highest BCUT2D eigenvalue weighted by Gasteiger charge is 2.24. The van der Waals surface area contributed by atoms with Crippen LogP contribution in [-0.2, 0) is 0 Å². The lowest BCUT2D eigenvalue weighted by Crippen LogP contribution is -2.42. The average molecular weight is 271 g/mol. The molecule has 1 amide bonds. The Morgan fingerprint density at radius 1 is 1.50 bits per heavy atom. The molecule has 100 valence electrons. The fourth-order valence-electron chi connectivity index (χ4n) is 1.64. The molecule has 3 nitrogen and oxygen atoms in total. The summed E-state index contributed by atoms with van der Waals surface area (Å²) in [4.78, 5) is 14.1. The number of likely N-dealkylation sites (N-methyl/N-ethyl adjacent to an activating group) is 1. The van der Waals surface area contributed by atoms with E-state index in [0.717, 1.165) is 0 Å². The molecule has 0 saturated heterocycles. The van der Waals surface area contributed by atoms with E-state index < -0.39 is 17.3 Å². The molecule has 1 aromatic rings. The van der Waals surface area contributed by atoms with Gasteiger partial charge < -0.3 is 10.0 Å². The highest BCUT2D eigenvalue weighted by Crippen LogP contribution is 2.17. The lowest BCUT2D eigenvalue weighted by Gasteiger charge is -2.28. The van der Waals surface area contributed by atoms with Crippen LogP contribution in [0.3, 0.4) is 0 Å². The number of aliphatic hydroxyl groups is 1. The Bertz CT molecular complexity index is 443. The summed E-state index contributed by atoms with van der Waals surface area (Å²) in [5.74, 6) is -1.01. The maximum Gasteiger partial charge on any atom is 0.256 e. The van der Waals surface area contributed by atoms with E-state index in [1.165, 1.54) is 23.1 Å². The molecule has 0 aliphatic heterocycles. The quantitative estimate of drug-likeness (QED) is 0.825. The Hall–Kier alpha value is -1.07. The summed E-state index contributed by atoms with van der Waals surface area (Å²) >= 11 is 4.09. The standard InChI is InChI=1S/C13H18FNO2S/c1-4-15(8-13(2,3)17)12(16)10-7-9(18)5-6-11(10)14/h5-7,17-18H,4,8H2,1-3H3. The number of benzene rings is 1. The summed E-state index contributed by atoms with van der Waals surface area (Å²) in [6.07, 6.45) is 0. The van der Waals surface area contributed by atoms with Crippen LogP contribution in [-0.4, -0.2) is 34.6 Å². The maximum atomic E-state index is 13.6. The van der Waals surface area contributed by atoms with E-state index in [1.54, 1.807) is 20.8 Å². The van der Waals surface area contributed by atoms with Gasteiger partial charge in [-0.1, -0.05) is 0 Å². The topological polar surface area (TPSA) is 40.5 Å². The summed E-state index contributed by atoms with van der Waals surface area (Å²) in [6, 6.07) is 4.10. The third-order valence-corrected chi connectivity index (χ3v) is 2.71. The first-order chi connectivity index (χ1) is 8.24. The van der Waals surface area contributed by atoms with Gasteiger partial charge in [-0.25, -0.2) is 4.39 Å². The highest BCUT2D eigenvalue weighted by molar-refractivity contribution is 7.80. The molecule has 0 aromatic heterocycles. The molecule has 0 spiro atoms. The van der Waals surface area contributed by atoms with E-state index >= 15 is 0 Å². The Balaban J connectivity index is 3.00. The molecule has 0 fully saturated rings. The van der Waals surface area contributed by atoms with E-state index in [0.29, 0.717) is 11.4 Å². The predicted octanol–water partition coefficient (Wildman–Crippen LogP) is 2.35. The van der Waals surface area contributed by atoms with Gasteiger partial charge in [0, 0.05) is 18.0 Å². The van der Waals surface area contributed by atoms with Crippen molar-refractivity contribution in [2.24, 2.45) is 0 Å². The molecule has 0 radical (unpaired) electrons. The number of carbonyl (C=O) groups excluding carboxylic acids is 1. The van der Waals surface area contributed by atoms with E-state index in [-0.39, 0.29) is 12.1 Å². The number of halogens is 1. The van der Waals surface area contributed by atoms with Gasteiger partial charge >= 0.3 is 0 Å². The molecule has 0 saturated carbocycles. The highest BCUT2D eigenvalue weighted by atomic mass is 32.1. The van der Waals surface area contributed by atoms with Crippen LogP contribution >= 0.6 is 12.6 Å². The second kappa shape index (κ2) is 5.71. The van der Waals surface area contributed by atoms with Crippen molar-refractivity contribution in [2.75, 3.05) is 13.1 Å². The molecule has 1 N–H and O–H groups in total. The molecule has 1 aromatic carbocycles. The van der Waals surface area contributed by atoms with Gasteiger partial charge in [0.2, 0.25) is 0 Å². The maximum absolute atomic E-state index is 13.6. The Labute approximate surface area is 112 Å². The molecule has 5 heteroatoms. The van der Waals surface area contributed by atoms with E-state index in [2.05, 4.69) is 12.6 Å². The molecule has 18 heavy (non-hydrogen) atoms. The molecule has 0 bridgehead atoms. The molecular weight excluding hydrogens is 253 g/mol. The van der Waals surface area contributed by atoms with Crippen LogP contribution < -0.4 is 0 Å². The largest absolute Gasteiger partial charge is 0.389 e. The molecule has 0 atom stereocenters. The van der Waals surface area contributed by atoms with E-state index in [1.807, 2.05) is 0 Å². The van der Waals surface area contributed by atoms with Gasteiger partial charge in [-0.2, -0.15) is 0 Å². The van der Waals surface area contributed by atoms with Crippen LogP contribution in [0, 0.1) is 5.82 Å². The number of rotatable bonds is 4. The van der Waals surface area contributed by atoms with Gasteiger partial charge in [0.25, 0.3) is 5.91 Å². The molecule has 1 rings (SSSR count). The number of hydrogen-bond donors (Lipinski definition) is 2. The third kappa shape index (κ3) is 3.99. The van der Waals surface area contributed by atoms with Gasteiger partial charge in [-0.15, -0.1) is 12.6 Å². The lowest BCUT2D eigenvalue weighted by molar-refractivity contribution is 0.0312. The van der Waals surface area contributed by atoms with E-state index in [9.17, 15) is 14.3 Å². The number of hydrogen-bond acceptors (Lipinski definition) is 3.